The number of hydrogen-bond donors (Lipinski definition) is 3. The molecule has 0 bridgehead atoms. The molecular formula is C19H24N4O2. The summed E-state index contributed by atoms with van der Waals surface area (Å²) in [6.07, 6.45) is 4.72. The lowest BCUT2D eigenvalue weighted by Gasteiger charge is -2.26. The number of carbonyl (C=O) groups is 1. The molecule has 2 aliphatic heterocycles. The molecule has 2 unspecified atom stereocenters. The van der Waals surface area contributed by atoms with Gasteiger partial charge in [0.05, 0.1) is 12.6 Å². The highest BCUT2D eigenvalue weighted by molar-refractivity contribution is 5.82. The van der Waals surface area contributed by atoms with E-state index in [1.165, 1.54) is 11.3 Å². The second kappa shape index (κ2) is 6.90. The summed E-state index contributed by atoms with van der Waals surface area (Å²) in [5.41, 5.74) is 8.75. The Kier molecular flexibility index (Phi) is 4.46. The average Bonchev–Trinajstić information content (AvgIpc) is 3.28. The molecule has 3 N–H and O–H groups in total. The molecule has 6 heteroatoms. The van der Waals surface area contributed by atoms with Crippen LogP contribution in [0, 0.1) is 0 Å². The summed E-state index contributed by atoms with van der Waals surface area (Å²) in [6, 6.07) is 12.1. The van der Waals surface area contributed by atoms with Gasteiger partial charge in [-0.2, -0.15) is 0 Å². The Hall–Kier alpha value is -2.31. The number of hydrogen-bond acceptors (Lipinski definition) is 4. The van der Waals surface area contributed by atoms with Crippen LogP contribution in [0.15, 0.2) is 42.6 Å². The van der Waals surface area contributed by atoms with Crippen LogP contribution < -0.4 is 20.9 Å². The van der Waals surface area contributed by atoms with Gasteiger partial charge in [-0.1, -0.05) is 18.2 Å². The molecule has 1 amide bonds. The Morgan fingerprint density at radius 2 is 2.16 bits per heavy atom. The van der Waals surface area contributed by atoms with Crippen molar-refractivity contribution in [3.8, 4) is 5.75 Å². The summed E-state index contributed by atoms with van der Waals surface area (Å²) in [6.45, 7) is 0.542. The molecule has 2 aromatic rings. The topological polar surface area (TPSA) is 67.3 Å². The first kappa shape index (κ1) is 16.2. The van der Waals surface area contributed by atoms with E-state index in [0.717, 1.165) is 25.0 Å². The SMILES string of the molecule is Cn1cccc1C1CC(C(=O)NC[C@H]2CCc3ccccc3O2)NN1. The minimum Gasteiger partial charge on any atom is -0.488 e. The molecule has 3 atom stereocenters. The first-order chi connectivity index (χ1) is 12.2. The predicted octanol–water partition coefficient (Wildman–Crippen LogP) is 1.44. The molecule has 4 rings (SSSR count). The number of para-hydroxylation sites is 1. The smallest absolute Gasteiger partial charge is 0.238 e. The summed E-state index contributed by atoms with van der Waals surface area (Å²) in [5, 5.41) is 3.03. The second-order valence-electron chi connectivity index (χ2n) is 6.80. The molecule has 25 heavy (non-hydrogen) atoms. The minimum absolute atomic E-state index is 0.0201. The maximum atomic E-state index is 12.5. The third-order valence-corrected chi connectivity index (χ3v) is 5.07. The zero-order valence-electron chi connectivity index (χ0n) is 14.4. The fourth-order valence-corrected chi connectivity index (χ4v) is 3.62. The number of aromatic nitrogens is 1. The molecule has 3 heterocycles. The fourth-order valence-electron chi connectivity index (χ4n) is 3.62. The largest absolute Gasteiger partial charge is 0.488 e. The van der Waals surface area contributed by atoms with Crippen molar-refractivity contribution in [1.82, 2.24) is 20.7 Å². The number of ether oxygens (including phenoxy) is 1. The van der Waals surface area contributed by atoms with Crippen LogP contribution in [0.5, 0.6) is 5.75 Å². The molecule has 132 valence electrons. The van der Waals surface area contributed by atoms with E-state index in [4.69, 9.17) is 4.74 Å². The monoisotopic (exact) mass is 340 g/mol. The van der Waals surface area contributed by atoms with Crippen LogP contribution in [-0.4, -0.2) is 29.2 Å². The van der Waals surface area contributed by atoms with Gasteiger partial charge in [0, 0.05) is 18.9 Å². The van der Waals surface area contributed by atoms with Crippen LogP contribution in [0.2, 0.25) is 0 Å². The fraction of sp³-hybridized carbons (Fsp3) is 0.421. The number of carbonyl (C=O) groups excluding carboxylic acids is 1. The van der Waals surface area contributed by atoms with E-state index >= 15 is 0 Å². The number of benzene rings is 1. The maximum absolute atomic E-state index is 12.5. The van der Waals surface area contributed by atoms with Gasteiger partial charge < -0.3 is 14.6 Å². The Bertz CT molecular complexity index is 757. The zero-order valence-corrected chi connectivity index (χ0v) is 14.4. The summed E-state index contributed by atoms with van der Waals surface area (Å²) in [7, 11) is 2.02. The molecule has 1 saturated heterocycles. The van der Waals surface area contributed by atoms with Gasteiger partial charge in [-0.25, -0.2) is 10.9 Å². The Labute approximate surface area is 147 Å². The molecular weight excluding hydrogens is 316 g/mol. The molecule has 0 saturated carbocycles. The lowest BCUT2D eigenvalue weighted by Crippen LogP contribution is -2.46. The van der Waals surface area contributed by atoms with Crippen molar-refractivity contribution >= 4 is 5.91 Å². The maximum Gasteiger partial charge on any atom is 0.238 e. The number of hydrazine groups is 1. The normalized spacial score (nSPS) is 25.2. The molecule has 0 spiro atoms. The number of rotatable bonds is 4. The van der Waals surface area contributed by atoms with Crippen molar-refractivity contribution in [3.63, 3.8) is 0 Å². The third kappa shape index (κ3) is 3.41. The van der Waals surface area contributed by atoms with Crippen LogP contribution in [0.4, 0.5) is 0 Å². The number of fused-ring (bicyclic) bond motifs is 1. The van der Waals surface area contributed by atoms with Crippen LogP contribution in [-0.2, 0) is 18.3 Å². The number of amides is 1. The van der Waals surface area contributed by atoms with Crippen molar-refractivity contribution in [2.75, 3.05) is 6.54 Å². The van der Waals surface area contributed by atoms with E-state index in [2.05, 4.69) is 32.9 Å². The van der Waals surface area contributed by atoms with Gasteiger partial charge >= 0.3 is 0 Å². The highest BCUT2D eigenvalue weighted by Gasteiger charge is 2.31. The zero-order chi connectivity index (χ0) is 17.2. The van der Waals surface area contributed by atoms with Crippen LogP contribution in [0.3, 0.4) is 0 Å². The van der Waals surface area contributed by atoms with Gasteiger partial charge in [-0.3, -0.25) is 4.79 Å². The standard InChI is InChI=1S/C19H24N4O2/c1-23-10-4-6-17(23)15-11-16(22-21-15)19(24)20-12-14-9-8-13-5-2-3-7-18(13)25-14/h2-7,10,14-16,21-22H,8-9,11-12H2,1H3,(H,20,24)/t14-,15?,16?/m1/s1. The first-order valence-corrected chi connectivity index (χ1v) is 8.85. The molecule has 0 radical (unpaired) electrons. The molecule has 1 fully saturated rings. The van der Waals surface area contributed by atoms with Crippen molar-refractivity contribution in [2.24, 2.45) is 7.05 Å². The Morgan fingerprint density at radius 1 is 1.28 bits per heavy atom. The van der Waals surface area contributed by atoms with E-state index in [9.17, 15) is 4.79 Å². The Balaban J connectivity index is 1.28. The van der Waals surface area contributed by atoms with Gasteiger partial charge in [0.25, 0.3) is 0 Å². The van der Waals surface area contributed by atoms with E-state index < -0.39 is 0 Å². The third-order valence-electron chi connectivity index (χ3n) is 5.07. The average molecular weight is 340 g/mol. The van der Waals surface area contributed by atoms with E-state index in [0.29, 0.717) is 6.54 Å². The van der Waals surface area contributed by atoms with Gasteiger partial charge in [0.1, 0.15) is 17.9 Å². The highest BCUT2D eigenvalue weighted by Crippen LogP contribution is 2.27. The van der Waals surface area contributed by atoms with E-state index in [1.807, 2.05) is 37.5 Å². The molecule has 0 aliphatic carbocycles. The summed E-state index contributed by atoms with van der Waals surface area (Å²) >= 11 is 0. The molecule has 6 nitrogen and oxygen atoms in total. The van der Waals surface area contributed by atoms with Crippen molar-refractivity contribution in [3.05, 3.63) is 53.9 Å². The van der Waals surface area contributed by atoms with Gasteiger partial charge in [0.2, 0.25) is 5.91 Å². The van der Waals surface area contributed by atoms with Crippen molar-refractivity contribution in [2.45, 2.75) is 37.5 Å². The summed E-state index contributed by atoms with van der Waals surface area (Å²) in [5.74, 6) is 0.962. The van der Waals surface area contributed by atoms with E-state index in [-0.39, 0.29) is 24.1 Å². The molecule has 1 aromatic carbocycles. The quantitative estimate of drug-likeness (QED) is 0.788. The van der Waals surface area contributed by atoms with Crippen LogP contribution in [0.25, 0.3) is 0 Å². The van der Waals surface area contributed by atoms with Gasteiger partial charge in [0.15, 0.2) is 0 Å². The van der Waals surface area contributed by atoms with Crippen molar-refractivity contribution < 1.29 is 9.53 Å². The lowest BCUT2D eigenvalue weighted by molar-refractivity contribution is -0.123. The van der Waals surface area contributed by atoms with Crippen LogP contribution >= 0.6 is 0 Å². The number of nitrogens with one attached hydrogen (secondary N) is 3. The van der Waals surface area contributed by atoms with Crippen molar-refractivity contribution in [1.29, 1.82) is 0 Å². The minimum atomic E-state index is -0.226. The number of nitrogens with zero attached hydrogens (tertiary/aromatic N) is 1. The van der Waals surface area contributed by atoms with Gasteiger partial charge in [-0.05, 0) is 43.0 Å². The highest BCUT2D eigenvalue weighted by atomic mass is 16.5. The molecule has 1 aromatic heterocycles. The Morgan fingerprint density at radius 3 is 3.00 bits per heavy atom. The van der Waals surface area contributed by atoms with Crippen LogP contribution in [0.1, 0.15) is 30.1 Å². The molecule has 2 aliphatic rings. The van der Waals surface area contributed by atoms with E-state index in [1.54, 1.807) is 0 Å². The summed E-state index contributed by atoms with van der Waals surface area (Å²) < 4.78 is 8.06. The second-order valence-corrected chi connectivity index (χ2v) is 6.80. The lowest BCUT2D eigenvalue weighted by atomic mass is 10.0. The first-order valence-electron chi connectivity index (χ1n) is 8.85. The summed E-state index contributed by atoms with van der Waals surface area (Å²) in [4.78, 5) is 12.5. The predicted molar refractivity (Wildman–Crippen MR) is 95.0 cm³/mol. The number of aryl methyl sites for hydroxylation is 2. The van der Waals surface area contributed by atoms with Gasteiger partial charge in [-0.15, -0.1) is 0 Å².